The molecule has 0 rings (SSSR count). The van der Waals surface area contributed by atoms with Crippen molar-refractivity contribution in [1.29, 1.82) is 0 Å². The average Bonchev–Trinajstić information content (AvgIpc) is 2.35. The lowest BCUT2D eigenvalue weighted by Gasteiger charge is -2.29. The number of amides is 2. The van der Waals surface area contributed by atoms with Gasteiger partial charge < -0.3 is 10.6 Å². The molecule has 4 nitrogen and oxygen atoms in total. The quantitative estimate of drug-likeness (QED) is 0.511. The second-order valence-corrected chi connectivity index (χ2v) is 4.07. The lowest BCUT2D eigenvalue weighted by atomic mass is 9.78. The molecule has 0 aromatic rings. The predicted molar refractivity (Wildman–Crippen MR) is 74.0 cm³/mol. The van der Waals surface area contributed by atoms with Gasteiger partial charge in [-0.05, 0) is 33.6 Å². The normalized spacial score (nSPS) is 11.3. The maximum atomic E-state index is 12.2. The van der Waals surface area contributed by atoms with Crippen LogP contribution in [0.4, 0.5) is 0 Å². The van der Waals surface area contributed by atoms with E-state index in [1.54, 1.807) is 6.08 Å². The van der Waals surface area contributed by atoms with E-state index in [2.05, 4.69) is 17.2 Å². The van der Waals surface area contributed by atoms with E-state index >= 15 is 0 Å². The number of rotatable bonds is 8. The molecule has 0 aromatic carbocycles. The van der Waals surface area contributed by atoms with Gasteiger partial charge in [0.05, 0.1) is 0 Å². The molecule has 0 aromatic heterocycles. The van der Waals surface area contributed by atoms with Crippen LogP contribution in [0.3, 0.4) is 0 Å². The van der Waals surface area contributed by atoms with Gasteiger partial charge in [-0.25, -0.2) is 0 Å². The van der Waals surface area contributed by atoms with Gasteiger partial charge in [-0.15, -0.1) is 6.58 Å². The third-order valence-electron chi connectivity index (χ3n) is 2.74. The molecule has 2 N–H and O–H groups in total. The molecule has 0 aliphatic carbocycles. The molecule has 0 saturated heterocycles. The van der Waals surface area contributed by atoms with Crippen LogP contribution in [0.25, 0.3) is 0 Å². The van der Waals surface area contributed by atoms with Crippen molar-refractivity contribution in [2.24, 2.45) is 5.41 Å². The minimum Gasteiger partial charge on any atom is -0.355 e. The first-order chi connectivity index (χ1) is 8.58. The van der Waals surface area contributed by atoms with Gasteiger partial charge in [0.1, 0.15) is 5.41 Å². The summed E-state index contributed by atoms with van der Waals surface area (Å²) in [5.41, 5.74) is -1.08. The van der Waals surface area contributed by atoms with Crippen LogP contribution < -0.4 is 10.6 Å². The minimum atomic E-state index is -1.08. The third-order valence-corrected chi connectivity index (χ3v) is 2.74. The van der Waals surface area contributed by atoms with Crippen LogP contribution in [0, 0.1) is 5.41 Å². The van der Waals surface area contributed by atoms with Crippen molar-refractivity contribution < 1.29 is 9.59 Å². The van der Waals surface area contributed by atoms with Gasteiger partial charge >= 0.3 is 0 Å². The largest absolute Gasteiger partial charge is 0.355 e. The van der Waals surface area contributed by atoms with Crippen molar-refractivity contribution in [3.63, 3.8) is 0 Å². The summed E-state index contributed by atoms with van der Waals surface area (Å²) in [6.45, 7) is 10.2. The second-order valence-electron chi connectivity index (χ2n) is 4.07. The summed E-state index contributed by atoms with van der Waals surface area (Å²) in [6, 6.07) is 0. The van der Waals surface area contributed by atoms with E-state index in [-0.39, 0.29) is 11.8 Å². The number of hydrogen-bond acceptors (Lipinski definition) is 2. The van der Waals surface area contributed by atoms with E-state index in [0.29, 0.717) is 25.9 Å². The molecule has 0 radical (unpaired) electrons. The highest BCUT2D eigenvalue weighted by Crippen LogP contribution is 2.29. The molecule has 4 heteroatoms. The molecule has 0 atom stereocenters. The topological polar surface area (TPSA) is 58.2 Å². The summed E-state index contributed by atoms with van der Waals surface area (Å²) >= 11 is 0. The summed E-state index contributed by atoms with van der Waals surface area (Å²) in [5, 5.41) is 5.48. The molecule has 18 heavy (non-hydrogen) atoms. The van der Waals surface area contributed by atoms with Crippen LogP contribution in [0.15, 0.2) is 24.8 Å². The molecule has 0 aliphatic rings. The maximum absolute atomic E-state index is 12.2. The first kappa shape index (κ1) is 16.4. The molecular weight excluding hydrogens is 228 g/mol. The zero-order valence-electron chi connectivity index (χ0n) is 11.6. The number of allylic oxidation sites excluding steroid dienone is 3. The van der Waals surface area contributed by atoms with Crippen molar-refractivity contribution in [2.75, 3.05) is 13.1 Å². The van der Waals surface area contributed by atoms with Crippen LogP contribution in [-0.4, -0.2) is 24.9 Å². The van der Waals surface area contributed by atoms with Gasteiger partial charge in [0.2, 0.25) is 11.8 Å². The molecule has 102 valence electrons. The van der Waals surface area contributed by atoms with Crippen molar-refractivity contribution in [1.82, 2.24) is 10.6 Å². The molecule has 0 saturated carbocycles. The van der Waals surface area contributed by atoms with Gasteiger partial charge in [0.25, 0.3) is 0 Å². The molecule has 0 fully saturated rings. The lowest BCUT2D eigenvalue weighted by molar-refractivity contribution is -0.143. The Bertz CT molecular complexity index is 304. The third kappa shape index (κ3) is 4.02. The van der Waals surface area contributed by atoms with Crippen LogP contribution in [0.1, 0.15) is 33.6 Å². The highest BCUT2D eigenvalue weighted by Gasteiger charge is 2.43. The van der Waals surface area contributed by atoms with Gasteiger partial charge in [-0.2, -0.15) is 0 Å². The highest BCUT2D eigenvalue weighted by molar-refractivity contribution is 6.05. The van der Waals surface area contributed by atoms with E-state index in [1.807, 2.05) is 32.9 Å². The monoisotopic (exact) mass is 252 g/mol. The molecule has 0 spiro atoms. The summed E-state index contributed by atoms with van der Waals surface area (Å²) < 4.78 is 0. The number of nitrogens with one attached hydrogen (secondary N) is 2. The molecule has 0 unspecified atom stereocenters. The van der Waals surface area contributed by atoms with E-state index in [0.717, 1.165) is 0 Å². The predicted octanol–water partition coefficient (Wildman–Crippen LogP) is 1.79. The van der Waals surface area contributed by atoms with Gasteiger partial charge in [0, 0.05) is 13.1 Å². The summed E-state index contributed by atoms with van der Waals surface area (Å²) in [6.07, 6.45) is 6.01. The van der Waals surface area contributed by atoms with E-state index in [9.17, 15) is 9.59 Å². The maximum Gasteiger partial charge on any atom is 0.236 e. The van der Waals surface area contributed by atoms with Crippen molar-refractivity contribution in [3.8, 4) is 0 Å². The summed E-state index contributed by atoms with van der Waals surface area (Å²) in [7, 11) is 0. The molecule has 0 heterocycles. The van der Waals surface area contributed by atoms with Gasteiger partial charge in [-0.3, -0.25) is 9.59 Å². The first-order valence-corrected chi connectivity index (χ1v) is 6.37. The van der Waals surface area contributed by atoms with Crippen molar-refractivity contribution in [3.05, 3.63) is 24.8 Å². The van der Waals surface area contributed by atoms with Crippen molar-refractivity contribution in [2.45, 2.75) is 33.6 Å². The Kier molecular flexibility index (Phi) is 7.76. The Hall–Kier alpha value is -1.58. The highest BCUT2D eigenvalue weighted by atomic mass is 16.2. The number of carbonyl (C=O) groups is 2. The van der Waals surface area contributed by atoms with E-state index < -0.39 is 5.41 Å². The number of hydrogen-bond donors (Lipinski definition) is 2. The molecule has 0 aliphatic heterocycles. The number of carbonyl (C=O) groups excluding carboxylic acids is 2. The smallest absolute Gasteiger partial charge is 0.236 e. The van der Waals surface area contributed by atoms with Gasteiger partial charge in [0.15, 0.2) is 0 Å². The van der Waals surface area contributed by atoms with Crippen LogP contribution in [0.2, 0.25) is 0 Å². The minimum absolute atomic E-state index is 0.242. The van der Waals surface area contributed by atoms with Crippen LogP contribution in [-0.2, 0) is 9.59 Å². The SMILES string of the molecule is C=CCC(CC=CC)(C(=O)NCC)C(=O)NCC. The lowest BCUT2D eigenvalue weighted by Crippen LogP contribution is -2.51. The Morgan fingerprint density at radius 2 is 1.61 bits per heavy atom. The van der Waals surface area contributed by atoms with Crippen LogP contribution in [0.5, 0.6) is 0 Å². The second kappa shape index (κ2) is 8.50. The molecule has 2 amide bonds. The zero-order valence-corrected chi connectivity index (χ0v) is 11.6. The molecule has 0 bridgehead atoms. The fraction of sp³-hybridized carbons (Fsp3) is 0.571. The Morgan fingerprint density at radius 1 is 1.11 bits per heavy atom. The Labute approximate surface area is 110 Å². The molecular formula is C14H24N2O2. The van der Waals surface area contributed by atoms with E-state index in [1.165, 1.54) is 0 Å². The first-order valence-electron chi connectivity index (χ1n) is 6.37. The van der Waals surface area contributed by atoms with Gasteiger partial charge in [-0.1, -0.05) is 18.2 Å². The Morgan fingerprint density at radius 3 is 1.94 bits per heavy atom. The Balaban J connectivity index is 5.31. The summed E-state index contributed by atoms with van der Waals surface area (Å²) in [4.78, 5) is 24.4. The standard InChI is InChI=1S/C14H24N2O2/c1-5-9-11-14(10-6-2,12(17)15-7-3)13(18)16-8-4/h5-6,9H,2,7-8,10-11H2,1,3-4H3,(H,15,17)(H,16,18). The van der Waals surface area contributed by atoms with Crippen molar-refractivity contribution >= 4 is 11.8 Å². The zero-order chi connectivity index (χ0) is 14.0. The van der Waals surface area contributed by atoms with E-state index in [4.69, 9.17) is 0 Å². The summed E-state index contributed by atoms with van der Waals surface area (Å²) in [5.74, 6) is -0.483. The fourth-order valence-corrected chi connectivity index (χ4v) is 1.78. The average molecular weight is 252 g/mol. The fourth-order valence-electron chi connectivity index (χ4n) is 1.78. The van der Waals surface area contributed by atoms with Crippen LogP contribution >= 0.6 is 0 Å².